The fraction of sp³-hybridized carbons (Fsp3) is 0.458. The number of nitrogens with one attached hydrogen (secondary N) is 1. The molecule has 1 aliphatic heterocycles. The van der Waals surface area contributed by atoms with Gasteiger partial charge >= 0.3 is 0 Å². The van der Waals surface area contributed by atoms with E-state index in [2.05, 4.69) is 10.2 Å². The zero-order valence-corrected chi connectivity index (χ0v) is 21.5. The van der Waals surface area contributed by atoms with Crippen molar-refractivity contribution in [3.8, 4) is 5.75 Å². The number of carbonyl (C=O) groups excluding carboxylic acids is 1. The lowest BCUT2D eigenvalue weighted by Crippen LogP contribution is -2.49. The zero-order valence-electron chi connectivity index (χ0n) is 20.7. The third kappa shape index (κ3) is 6.93. The molecular weight excluding hydrogens is 488 g/mol. The van der Waals surface area contributed by atoms with Crippen molar-refractivity contribution >= 4 is 27.3 Å². The molecule has 0 unspecified atom stereocenters. The van der Waals surface area contributed by atoms with Crippen molar-refractivity contribution in [2.24, 2.45) is 0 Å². The fourth-order valence-corrected chi connectivity index (χ4v) is 5.37. The number of nitro groups is 1. The standard InChI is InChI=1S/C24H32N4O7S/c1-4-21(27(36(3,32)33)22-15-20(28(30)31)8-9-23(22)34-2)24(29)25-16-18-6-5-7-19(14-18)17-26-10-12-35-13-11-26/h5-9,14-15,21H,4,10-13,16-17H2,1-3H3,(H,25,29)/t21-/m1/s1. The molecule has 0 bridgehead atoms. The molecule has 3 rings (SSSR count). The van der Waals surface area contributed by atoms with E-state index in [-0.39, 0.29) is 30.1 Å². The number of rotatable bonds is 11. The van der Waals surface area contributed by atoms with Crippen molar-refractivity contribution in [1.29, 1.82) is 0 Å². The number of ether oxygens (including phenoxy) is 2. The summed E-state index contributed by atoms with van der Waals surface area (Å²) in [6.07, 6.45) is 1.10. The van der Waals surface area contributed by atoms with Gasteiger partial charge in [0.1, 0.15) is 17.5 Å². The lowest BCUT2D eigenvalue weighted by atomic mass is 10.1. The van der Waals surface area contributed by atoms with Gasteiger partial charge in [0.15, 0.2) is 0 Å². The minimum absolute atomic E-state index is 0.0660. The minimum atomic E-state index is -4.00. The Bertz CT molecular complexity index is 1180. The molecule has 0 spiro atoms. The Morgan fingerprint density at radius 3 is 2.53 bits per heavy atom. The summed E-state index contributed by atoms with van der Waals surface area (Å²) in [6.45, 7) is 5.80. The van der Waals surface area contributed by atoms with Gasteiger partial charge in [-0.2, -0.15) is 0 Å². The first kappa shape index (κ1) is 27.4. The number of sulfonamides is 1. The SMILES string of the molecule is CC[C@H](C(=O)NCc1cccc(CN2CCOCC2)c1)N(c1cc([N+](=O)[O-])ccc1OC)S(C)(=O)=O. The molecule has 0 radical (unpaired) electrons. The molecule has 1 atom stereocenters. The first-order chi connectivity index (χ1) is 17.1. The molecule has 196 valence electrons. The first-order valence-electron chi connectivity index (χ1n) is 11.6. The number of morpholine rings is 1. The second-order valence-electron chi connectivity index (χ2n) is 8.52. The van der Waals surface area contributed by atoms with Gasteiger partial charge in [-0.05, 0) is 23.6 Å². The third-order valence-electron chi connectivity index (χ3n) is 5.91. The third-order valence-corrected chi connectivity index (χ3v) is 7.07. The van der Waals surface area contributed by atoms with Crippen LogP contribution in [-0.2, 0) is 32.6 Å². The Labute approximate surface area is 211 Å². The van der Waals surface area contributed by atoms with Crippen LogP contribution in [0.5, 0.6) is 5.75 Å². The van der Waals surface area contributed by atoms with Gasteiger partial charge in [-0.3, -0.25) is 24.1 Å². The number of carbonyl (C=O) groups is 1. The number of nitrogens with zero attached hydrogens (tertiary/aromatic N) is 3. The summed E-state index contributed by atoms with van der Waals surface area (Å²) in [7, 11) is -2.67. The number of nitro benzene ring substituents is 1. The van der Waals surface area contributed by atoms with E-state index < -0.39 is 26.9 Å². The molecule has 2 aromatic rings. The van der Waals surface area contributed by atoms with E-state index in [0.29, 0.717) is 13.2 Å². The minimum Gasteiger partial charge on any atom is -0.495 e. The predicted molar refractivity (Wildman–Crippen MR) is 135 cm³/mol. The summed E-state index contributed by atoms with van der Waals surface area (Å²) in [5, 5.41) is 14.1. The Balaban J connectivity index is 1.80. The molecule has 11 nitrogen and oxygen atoms in total. The summed E-state index contributed by atoms with van der Waals surface area (Å²) in [6, 6.07) is 10.3. The number of non-ortho nitro benzene ring substituents is 1. The fourth-order valence-electron chi connectivity index (χ4n) is 4.16. The van der Waals surface area contributed by atoms with Crippen LogP contribution in [-0.4, -0.2) is 69.9 Å². The highest BCUT2D eigenvalue weighted by atomic mass is 32.2. The number of amides is 1. The van der Waals surface area contributed by atoms with E-state index in [1.165, 1.54) is 19.2 Å². The summed E-state index contributed by atoms with van der Waals surface area (Å²) in [5.74, 6) is -0.414. The summed E-state index contributed by atoms with van der Waals surface area (Å²) in [5.41, 5.74) is 1.60. The van der Waals surface area contributed by atoms with Crippen LogP contribution >= 0.6 is 0 Å². The van der Waals surface area contributed by atoms with Crippen LogP contribution < -0.4 is 14.4 Å². The number of hydrogen-bond acceptors (Lipinski definition) is 8. The quantitative estimate of drug-likeness (QED) is 0.353. The number of benzene rings is 2. The number of hydrogen-bond donors (Lipinski definition) is 1. The Kier molecular flexibility index (Phi) is 9.24. The molecule has 2 aromatic carbocycles. The van der Waals surface area contributed by atoms with Crippen molar-refractivity contribution in [3.63, 3.8) is 0 Å². The lowest BCUT2D eigenvalue weighted by Gasteiger charge is -2.31. The molecule has 0 aliphatic carbocycles. The Hall–Kier alpha value is -3.22. The smallest absolute Gasteiger partial charge is 0.271 e. The van der Waals surface area contributed by atoms with Crippen LogP contribution in [0, 0.1) is 10.1 Å². The Morgan fingerprint density at radius 2 is 1.92 bits per heavy atom. The normalized spacial score (nSPS) is 15.2. The summed E-state index contributed by atoms with van der Waals surface area (Å²) in [4.78, 5) is 26.2. The maximum Gasteiger partial charge on any atom is 0.271 e. The monoisotopic (exact) mass is 520 g/mol. The maximum absolute atomic E-state index is 13.2. The molecule has 12 heteroatoms. The molecule has 1 aliphatic rings. The second kappa shape index (κ2) is 12.2. The molecule has 36 heavy (non-hydrogen) atoms. The van der Waals surface area contributed by atoms with E-state index >= 15 is 0 Å². The largest absolute Gasteiger partial charge is 0.495 e. The molecule has 1 heterocycles. The van der Waals surface area contributed by atoms with Gasteiger partial charge in [-0.25, -0.2) is 8.42 Å². The van der Waals surface area contributed by atoms with Crippen LogP contribution in [0.4, 0.5) is 11.4 Å². The average molecular weight is 521 g/mol. The molecule has 1 saturated heterocycles. The number of anilines is 1. The van der Waals surface area contributed by atoms with Gasteiger partial charge in [0, 0.05) is 38.3 Å². The summed E-state index contributed by atoms with van der Waals surface area (Å²) >= 11 is 0. The van der Waals surface area contributed by atoms with Gasteiger partial charge in [-0.1, -0.05) is 31.2 Å². The number of methoxy groups -OCH3 is 1. The molecule has 1 N–H and O–H groups in total. The highest BCUT2D eigenvalue weighted by molar-refractivity contribution is 7.92. The van der Waals surface area contributed by atoms with Crippen molar-refractivity contribution in [2.75, 3.05) is 44.0 Å². The van der Waals surface area contributed by atoms with Gasteiger partial charge in [0.05, 0.1) is 31.5 Å². The van der Waals surface area contributed by atoms with Gasteiger partial charge in [0.25, 0.3) is 5.69 Å². The van der Waals surface area contributed by atoms with Crippen LogP contribution in [0.2, 0.25) is 0 Å². The van der Waals surface area contributed by atoms with Crippen LogP contribution in [0.3, 0.4) is 0 Å². The zero-order chi connectivity index (χ0) is 26.3. The van der Waals surface area contributed by atoms with Crippen molar-refractivity contribution in [1.82, 2.24) is 10.2 Å². The highest BCUT2D eigenvalue weighted by Crippen LogP contribution is 2.35. The van der Waals surface area contributed by atoms with Crippen LogP contribution in [0.25, 0.3) is 0 Å². The van der Waals surface area contributed by atoms with Crippen LogP contribution in [0.1, 0.15) is 24.5 Å². The molecule has 1 fully saturated rings. The molecule has 1 amide bonds. The van der Waals surface area contributed by atoms with E-state index in [4.69, 9.17) is 9.47 Å². The van der Waals surface area contributed by atoms with E-state index in [1.54, 1.807) is 6.92 Å². The molecule has 0 aromatic heterocycles. The van der Waals surface area contributed by atoms with E-state index in [0.717, 1.165) is 47.4 Å². The molecular formula is C24H32N4O7S. The van der Waals surface area contributed by atoms with Gasteiger partial charge < -0.3 is 14.8 Å². The van der Waals surface area contributed by atoms with Crippen molar-refractivity contribution < 1.29 is 27.6 Å². The van der Waals surface area contributed by atoms with E-state index in [1.807, 2.05) is 24.3 Å². The van der Waals surface area contributed by atoms with Gasteiger partial charge in [0.2, 0.25) is 15.9 Å². The maximum atomic E-state index is 13.2. The second-order valence-corrected chi connectivity index (χ2v) is 10.4. The van der Waals surface area contributed by atoms with Crippen molar-refractivity contribution in [3.05, 3.63) is 63.7 Å². The van der Waals surface area contributed by atoms with Crippen molar-refractivity contribution in [2.45, 2.75) is 32.5 Å². The topological polar surface area (TPSA) is 131 Å². The average Bonchev–Trinajstić information content (AvgIpc) is 2.85. The molecule has 0 saturated carbocycles. The highest BCUT2D eigenvalue weighted by Gasteiger charge is 2.34. The first-order valence-corrected chi connectivity index (χ1v) is 13.5. The predicted octanol–water partition coefficient (Wildman–Crippen LogP) is 2.30. The van der Waals surface area contributed by atoms with Crippen LogP contribution in [0.15, 0.2) is 42.5 Å². The van der Waals surface area contributed by atoms with Gasteiger partial charge in [-0.15, -0.1) is 0 Å². The Morgan fingerprint density at radius 1 is 1.22 bits per heavy atom. The summed E-state index contributed by atoms with van der Waals surface area (Å²) < 4.78 is 37.1. The lowest BCUT2D eigenvalue weighted by molar-refractivity contribution is -0.384. The van der Waals surface area contributed by atoms with E-state index in [9.17, 15) is 23.3 Å².